The zero-order valence-corrected chi connectivity index (χ0v) is 13.4. The molecule has 122 valence electrons. The molecule has 0 radical (unpaired) electrons. The molecule has 0 unspecified atom stereocenters. The van der Waals surface area contributed by atoms with Crippen LogP contribution in [0, 0.1) is 0 Å². The van der Waals surface area contributed by atoms with E-state index in [0.717, 1.165) is 31.2 Å². The third-order valence-corrected chi connectivity index (χ3v) is 3.58. The Morgan fingerprint density at radius 1 is 1.18 bits per heavy atom. The van der Waals surface area contributed by atoms with Gasteiger partial charge in [-0.25, -0.2) is 0 Å². The maximum Gasteiger partial charge on any atom is 0.254 e. The molecule has 0 aliphatic carbocycles. The Labute approximate surface area is 132 Å². The van der Waals surface area contributed by atoms with E-state index in [0.29, 0.717) is 6.42 Å². The van der Waals surface area contributed by atoms with Gasteiger partial charge in [0.25, 0.3) is 5.91 Å². The van der Waals surface area contributed by atoms with Crippen molar-refractivity contribution in [2.45, 2.75) is 51.2 Å². The van der Waals surface area contributed by atoms with Crippen molar-refractivity contribution in [3.8, 4) is 0 Å². The molecule has 3 N–H and O–H groups in total. The lowest BCUT2D eigenvalue weighted by Gasteiger charge is -2.20. The van der Waals surface area contributed by atoms with Gasteiger partial charge in [-0.2, -0.15) is 0 Å². The lowest BCUT2D eigenvalue weighted by molar-refractivity contribution is -0.135. The van der Waals surface area contributed by atoms with E-state index in [4.69, 9.17) is 10.5 Å². The molecule has 0 bridgehead atoms. The summed E-state index contributed by atoms with van der Waals surface area (Å²) in [6.07, 6.45) is 3.95. The second-order valence-electron chi connectivity index (χ2n) is 5.34. The monoisotopic (exact) mass is 306 g/mol. The van der Waals surface area contributed by atoms with Crippen molar-refractivity contribution >= 4 is 11.8 Å². The number of ether oxygens (including phenoxy) is 1. The molecule has 0 fully saturated rings. The lowest BCUT2D eigenvalue weighted by atomic mass is 10.0. The largest absolute Gasteiger partial charge is 0.368 e. The highest BCUT2D eigenvalue weighted by Crippen LogP contribution is 2.17. The molecule has 2 atom stereocenters. The van der Waals surface area contributed by atoms with E-state index in [1.54, 1.807) is 0 Å². The molecule has 1 rings (SSSR count). The van der Waals surface area contributed by atoms with Crippen LogP contribution >= 0.6 is 0 Å². The van der Waals surface area contributed by atoms with E-state index >= 15 is 0 Å². The second-order valence-corrected chi connectivity index (χ2v) is 5.34. The Hall–Kier alpha value is -1.88. The maximum absolute atomic E-state index is 12.3. The zero-order valence-electron chi connectivity index (χ0n) is 13.4. The minimum Gasteiger partial charge on any atom is -0.368 e. The molecule has 2 amide bonds. The number of rotatable bonds is 10. The molecular formula is C17H26N2O3. The van der Waals surface area contributed by atoms with E-state index in [-0.39, 0.29) is 5.91 Å². The number of benzene rings is 1. The van der Waals surface area contributed by atoms with Crippen molar-refractivity contribution in [1.29, 1.82) is 0 Å². The van der Waals surface area contributed by atoms with E-state index in [1.165, 1.54) is 7.11 Å². The van der Waals surface area contributed by atoms with Gasteiger partial charge in [-0.1, -0.05) is 62.9 Å². The van der Waals surface area contributed by atoms with Crippen LogP contribution in [0.4, 0.5) is 0 Å². The molecule has 0 spiro atoms. The van der Waals surface area contributed by atoms with Gasteiger partial charge in [0.15, 0.2) is 6.10 Å². The van der Waals surface area contributed by atoms with Crippen LogP contribution in [-0.2, 0) is 14.3 Å². The van der Waals surface area contributed by atoms with Crippen molar-refractivity contribution in [3.63, 3.8) is 0 Å². The molecule has 0 heterocycles. The Morgan fingerprint density at radius 2 is 1.86 bits per heavy atom. The van der Waals surface area contributed by atoms with Crippen LogP contribution in [0.15, 0.2) is 30.3 Å². The van der Waals surface area contributed by atoms with Gasteiger partial charge in [0, 0.05) is 7.11 Å². The number of nitrogens with one attached hydrogen (secondary N) is 1. The van der Waals surface area contributed by atoms with E-state index in [1.807, 2.05) is 30.3 Å². The summed E-state index contributed by atoms with van der Waals surface area (Å²) in [7, 11) is 1.47. The van der Waals surface area contributed by atoms with Crippen molar-refractivity contribution in [2.24, 2.45) is 5.73 Å². The highest BCUT2D eigenvalue weighted by Gasteiger charge is 2.24. The highest BCUT2D eigenvalue weighted by molar-refractivity contribution is 5.89. The molecule has 0 aliphatic rings. The molecule has 22 heavy (non-hydrogen) atoms. The minimum atomic E-state index is -0.737. The average Bonchev–Trinajstić information content (AvgIpc) is 2.52. The zero-order chi connectivity index (χ0) is 16.4. The third-order valence-electron chi connectivity index (χ3n) is 3.58. The SMILES string of the molecule is CCCCCC[C@H](NC(=O)[C@@H](OC)c1ccccc1)C(N)=O. The Kier molecular flexibility index (Phi) is 8.22. The number of carbonyl (C=O) groups excluding carboxylic acids is 2. The van der Waals surface area contributed by atoms with Gasteiger partial charge in [0.05, 0.1) is 0 Å². The summed E-state index contributed by atoms with van der Waals surface area (Å²) in [4.78, 5) is 23.8. The summed E-state index contributed by atoms with van der Waals surface area (Å²) >= 11 is 0. The van der Waals surface area contributed by atoms with Crippen molar-refractivity contribution in [2.75, 3.05) is 7.11 Å². The van der Waals surface area contributed by atoms with Gasteiger partial charge in [-0.15, -0.1) is 0 Å². The predicted molar refractivity (Wildman–Crippen MR) is 86.1 cm³/mol. The van der Waals surface area contributed by atoms with Gasteiger partial charge >= 0.3 is 0 Å². The Morgan fingerprint density at radius 3 is 2.41 bits per heavy atom. The average molecular weight is 306 g/mol. The number of nitrogens with two attached hydrogens (primary N) is 1. The van der Waals surface area contributed by atoms with Gasteiger partial charge in [0.2, 0.25) is 5.91 Å². The fourth-order valence-corrected chi connectivity index (χ4v) is 2.33. The molecule has 5 heteroatoms. The third kappa shape index (κ3) is 5.85. The number of carbonyl (C=O) groups is 2. The van der Waals surface area contributed by atoms with Gasteiger partial charge < -0.3 is 15.8 Å². The van der Waals surface area contributed by atoms with Crippen LogP contribution in [0.3, 0.4) is 0 Å². The standard InChI is InChI=1S/C17H26N2O3/c1-3-4-5-9-12-14(16(18)20)19-17(21)15(22-2)13-10-7-6-8-11-13/h6-8,10-11,14-15H,3-5,9,12H2,1-2H3,(H2,18,20)(H,19,21)/t14-,15-/m0/s1. The van der Waals surface area contributed by atoms with Crippen LogP contribution in [0.2, 0.25) is 0 Å². The molecule has 1 aromatic carbocycles. The Balaban J connectivity index is 2.63. The molecule has 0 aromatic heterocycles. The topological polar surface area (TPSA) is 81.4 Å². The number of unbranched alkanes of at least 4 members (excludes halogenated alkanes) is 3. The number of hydrogen-bond acceptors (Lipinski definition) is 3. The van der Waals surface area contributed by atoms with Crippen molar-refractivity contribution in [3.05, 3.63) is 35.9 Å². The number of methoxy groups -OCH3 is 1. The summed E-state index contributed by atoms with van der Waals surface area (Å²) in [5.41, 5.74) is 6.13. The van der Waals surface area contributed by atoms with Crippen LogP contribution in [0.25, 0.3) is 0 Å². The second kappa shape index (κ2) is 9.95. The Bertz CT molecular complexity index is 462. The lowest BCUT2D eigenvalue weighted by Crippen LogP contribution is -2.46. The van der Waals surface area contributed by atoms with Crippen molar-refractivity contribution < 1.29 is 14.3 Å². The molecule has 5 nitrogen and oxygen atoms in total. The van der Waals surface area contributed by atoms with Crippen LogP contribution < -0.4 is 11.1 Å². The number of hydrogen-bond donors (Lipinski definition) is 2. The quantitative estimate of drug-likeness (QED) is 0.651. The van der Waals surface area contributed by atoms with E-state index in [2.05, 4.69) is 12.2 Å². The molecule has 0 aliphatic heterocycles. The van der Waals surface area contributed by atoms with Crippen LogP contribution in [0.5, 0.6) is 0 Å². The number of amides is 2. The summed E-state index contributed by atoms with van der Waals surface area (Å²) in [6, 6.07) is 8.53. The fraction of sp³-hybridized carbons (Fsp3) is 0.529. The summed E-state index contributed by atoms with van der Waals surface area (Å²) in [5, 5.41) is 2.70. The highest BCUT2D eigenvalue weighted by atomic mass is 16.5. The summed E-state index contributed by atoms with van der Waals surface area (Å²) in [6.45, 7) is 2.12. The summed E-state index contributed by atoms with van der Waals surface area (Å²) in [5.74, 6) is -0.847. The molecule has 0 saturated heterocycles. The first-order chi connectivity index (χ1) is 10.6. The smallest absolute Gasteiger partial charge is 0.254 e. The molecule has 0 saturated carbocycles. The maximum atomic E-state index is 12.3. The van der Waals surface area contributed by atoms with Crippen molar-refractivity contribution in [1.82, 2.24) is 5.32 Å². The first-order valence-electron chi connectivity index (χ1n) is 7.77. The predicted octanol–water partition coefficient (Wildman–Crippen LogP) is 2.31. The minimum absolute atomic E-state index is 0.340. The number of primary amides is 1. The fourth-order valence-electron chi connectivity index (χ4n) is 2.33. The van der Waals surface area contributed by atoms with E-state index < -0.39 is 18.1 Å². The van der Waals surface area contributed by atoms with Gasteiger partial charge in [0.1, 0.15) is 6.04 Å². The first-order valence-corrected chi connectivity index (χ1v) is 7.77. The molecular weight excluding hydrogens is 280 g/mol. The van der Waals surface area contributed by atoms with Crippen LogP contribution in [-0.4, -0.2) is 25.0 Å². The molecule has 1 aromatic rings. The summed E-state index contributed by atoms with van der Waals surface area (Å²) < 4.78 is 5.26. The van der Waals surface area contributed by atoms with Crippen LogP contribution in [0.1, 0.15) is 50.7 Å². The normalized spacial score (nSPS) is 13.4. The van der Waals surface area contributed by atoms with Gasteiger partial charge in [-0.05, 0) is 12.0 Å². The van der Waals surface area contributed by atoms with E-state index in [9.17, 15) is 9.59 Å². The van der Waals surface area contributed by atoms with Gasteiger partial charge in [-0.3, -0.25) is 9.59 Å². The first kappa shape index (κ1) is 18.2.